The molecule has 2 amide bonds. The van der Waals surface area contributed by atoms with Gasteiger partial charge in [0.05, 0.1) is 0 Å². The zero-order valence-electron chi connectivity index (χ0n) is 8.84. The third kappa shape index (κ3) is 4.46. The lowest BCUT2D eigenvalue weighted by molar-refractivity contribution is 0.0801. The maximum atomic E-state index is 11.3. The van der Waals surface area contributed by atoms with Gasteiger partial charge in [0, 0.05) is 25.8 Å². The monoisotopic (exact) mass is 200 g/mol. The average Bonchev–Trinajstić information content (AvgIpc) is 2.20. The number of amides is 2. The van der Waals surface area contributed by atoms with Crippen LogP contribution >= 0.6 is 0 Å². The molecular weight excluding hydrogens is 180 g/mol. The summed E-state index contributed by atoms with van der Waals surface area (Å²) in [6.07, 6.45) is 4.02. The van der Waals surface area contributed by atoms with Crippen LogP contribution in [-0.4, -0.2) is 31.8 Å². The first-order chi connectivity index (χ1) is 6.83. The highest BCUT2D eigenvalue weighted by Gasteiger charge is 2.15. The molecule has 1 aliphatic heterocycles. The van der Waals surface area contributed by atoms with Crippen LogP contribution in [0.1, 0.15) is 32.6 Å². The third-order valence-electron chi connectivity index (χ3n) is 2.37. The highest BCUT2D eigenvalue weighted by atomic mass is 16.5. The number of nitrogens with one attached hydrogen (secondary N) is 2. The van der Waals surface area contributed by atoms with Crippen LogP contribution in [0.25, 0.3) is 0 Å². The van der Waals surface area contributed by atoms with Crippen LogP contribution in [0.2, 0.25) is 0 Å². The van der Waals surface area contributed by atoms with Crippen LogP contribution in [0.4, 0.5) is 4.79 Å². The highest BCUT2D eigenvalue weighted by Crippen LogP contribution is 2.05. The minimum absolute atomic E-state index is 0.0367. The molecule has 4 nitrogen and oxygen atoms in total. The molecule has 82 valence electrons. The lowest BCUT2D eigenvalue weighted by Crippen LogP contribution is -2.44. The van der Waals surface area contributed by atoms with E-state index in [2.05, 4.69) is 17.6 Å². The van der Waals surface area contributed by atoms with E-state index in [-0.39, 0.29) is 6.03 Å². The molecule has 0 aromatic rings. The second-order valence-corrected chi connectivity index (χ2v) is 3.64. The van der Waals surface area contributed by atoms with Crippen LogP contribution in [-0.2, 0) is 4.74 Å². The van der Waals surface area contributed by atoms with Crippen molar-refractivity contribution in [3.05, 3.63) is 0 Å². The van der Waals surface area contributed by atoms with Crippen LogP contribution < -0.4 is 10.6 Å². The molecule has 4 heteroatoms. The first kappa shape index (κ1) is 11.3. The van der Waals surface area contributed by atoms with Crippen molar-refractivity contribution >= 4 is 6.03 Å². The van der Waals surface area contributed by atoms with Gasteiger partial charge in [-0.05, 0) is 19.3 Å². The number of hydrogen-bond acceptors (Lipinski definition) is 2. The van der Waals surface area contributed by atoms with Crippen molar-refractivity contribution < 1.29 is 9.53 Å². The molecule has 14 heavy (non-hydrogen) atoms. The number of unbranched alkanes of at least 4 members (excludes halogenated alkanes) is 1. The zero-order chi connectivity index (χ0) is 10.2. The average molecular weight is 200 g/mol. The smallest absolute Gasteiger partial charge is 0.315 e. The van der Waals surface area contributed by atoms with Crippen molar-refractivity contribution in [2.24, 2.45) is 0 Å². The van der Waals surface area contributed by atoms with Crippen molar-refractivity contribution in [2.45, 2.75) is 38.6 Å². The Labute approximate surface area is 85.4 Å². The summed E-state index contributed by atoms with van der Waals surface area (Å²) in [5, 5.41) is 5.79. The Bertz CT molecular complexity index is 168. The fourth-order valence-electron chi connectivity index (χ4n) is 1.46. The van der Waals surface area contributed by atoms with Crippen LogP contribution in [0.5, 0.6) is 0 Å². The maximum Gasteiger partial charge on any atom is 0.315 e. The summed E-state index contributed by atoms with van der Waals surface area (Å²) in [4.78, 5) is 11.3. The molecular formula is C10H20N2O2. The Morgan fingerprint density at radius 1 is 1.43 bits per heavy atom. The number of carbonyl (C=O) groups excluding carboxylic acids is 1. The van der Waals surface area contributed by atoms with Gasteiger partial charge in [-0.1, -0.05) is 13.3 Å². The van der Waals surface area contributed by atoms with E-state index in [0.29, 0.717) is 6.04 Å². The van der Waals surface area contributed by atoms with Crippen LogP contribution in [0, 0.1) is 0 Å². The van der Waals surface area contributed by atoms with E-state index >= 15 is 0 Å². The van der Waals surface area contributed by atoms with Gasteiger partial charge in [-0.2, -0.15) is 0 Å². The lowest BCUT2D eigenvalue weighted by Gasteiger charge is -2.23. The highest BCUT2D eigenvalue weighted by molar-refractivity contribution is 5.74. The van der Waals surface area contributed by atoms with Crippen molar-refractivity contribution in [1.82, 2.24) is 10.6 Å². The SMILES string of the molecule is CCCCNC(=O)NC1CCOCC1. The van der Waals surface area contributed by atoms with Crippen molar-refractivity contribution in [3.8, 4) is 0 Å². The molecule has 0 unspecified atom stereocenters. The molecule has 0 aromatic heterocycles. The van der Waals surface area contributed by atoms with Gasteiger partial charge < -0.3 is 15.4 Å². The molecule has 1 fully saturated rings. The second-order valence-electron chi connectivity index (χ2n) is 3.64. The van der Waals surface area contributed by atoms with E-state index in [9.17, 15) is 4.79 Å². The van der Waals surface area contributed by atoms with Crippen LogP contribution in [0.15, 0.2) is 0 Å². The number of urea groups is 1. The second kappa shape index (κ2) is 6.65. The van der Waals surface area contributed by atoms with Gasteiger partial charge in [-0.3, -0.25) is 0 Å². The summed E-state index contributed by atoms with van der Waals surface area (Å²) in [6, 6.07) is 0.260. The first-order valence-corrected chi connectivity index (χ1v) is 5.45. The van der Waals surface area contributed by atoms with Gasteiger partial charge in [-0.25, -0.2) is 4.79 Å². The molecule has 0 saturated carbocycles. The first-order valence-electron chi connectivity index (χ1n) is 5.45. The van der Waals surface area contributed by atoms with E-state index in [4.69, 9.17) is 4.74 Å². The molecule has 1 saturated heterocycles. The van der Waals surface area contributed by atoms with Crippen molar-refractivity contribution in [2.75, 3.05) is 19.8 Å². The molecule has 1 heterocycles. The summed E-state index contributed by atoms with van der Waals surface area (Å²) >= 11 is 0. The zero-order valence-corrected chi connectivity index (χ0v) is 8.84. The quantitative estimate of drug-likeness (QED) is 0.671. The predicted octanol–water partition coefficient (Wildman–Crippen LogP) is 1.26. The summed E-state index contributed by atoms with van der Waals surface area (Å²) < 4.78 is 5.21. The van der Waals surface area contributed by atoms with E-state index in [1.165, 1.54) is 0 Å². The number of hydrogen-bond donors (Lipinski definition) is 2. The maximum absolute atomic E-state index is 11.3. The van der Waals surface area contributed by atoms with Gasteiger partial charge >= 0.3 is 6.03 Å². The Kier molecular flexibility index (Phi) is 5.37. The van der Waals surface area contributed by atoms with Crippen molar-refractivity contribution in [1.29, 1.82) is 0 Å². The fourth-order valence-corrected chi connectivity index (χ4v) is 1.46. The summed E-state index contributed by atoms with van der Waals surface area (Å²) in [7, 11) is 0. The van der Waals surface area contributed by atoms with Gasteiger partial charge in [0.1, 0.15) is 0 Å². The number of rotatable bonds is 4. The summed E-state index contributed by atoms with van der Waals surface area (Å²) in [5.41, 5.74) is 0. The molecule has 0 spiro atoms. The molecule has 1 aliphatic rings. The Hall–Kier alpha value is -0.770. The van der Waals surface area contributed by atoms with E-state index < -0.39 is 0 Å². The van der Waals surface area contributed by atoms with E-state index in [1.54, 1.807) is 0 Å². The van der Waals surface area contributed by atoms with Gasteiger partial charge in [0.15, 0.2) is 0 Å². The lowest BCUT2D eigenvalue weighted by atomic mass is 10.1. The van der Waals surface area contributed by atoms with Gasteiger partial charge in [0.2, 0.25) is 0 Å². The minimum atomic E-state index is -0.0367. The molecule has 2 N–H and O–H groups in total. The number of carbonyl (C=O) groups is 1. The molecule has 0 aliphatic carbocycles. The van der Waals surface area contributed by atoms with Gasteiger partial charge in [0.25, 0.3) is 0 Å². The molecule has 1 rings (SSSR count). The number of ether oxygens (including phenoxy) is 1. The van der Waals surface area contributed by atoms with E-state index in [1.807, 2.05) is 0 Å². The fraction of sp³-hybridized carbons (Fsp3) is 0.900. The minimum Gasteiger partial charge on any atom is -0.381 e. The molecule has 0 atom stereocenters. The molecule has 0 bridgehead atoms. The van der Waals surface area contributed by atoms with Gasteiger partial charge in [-0.15, -0.1) is 0 Å². The Balaban J connectivity index is 2.06. The topological polar surface area (TPSA) is 50.4 Å². The normalized spacial score (nSPS) is 17.8. The molecule has 0 aromatic carbocycles. The third-order valence-corrected chi connectivity index (χ3v) is 2.37. The predicted molar refractivity (Wildman–Crippen MR) is 55.3 cm³/mol. The Morgan fingerprint density at radius 3 is 2.79 bits per heavy atom. The summed E-state index contributed by atoms with van der Waals surface area (Å²) in [5.74, 6) is 0. The largest absolute Gasteiger partial charge is 0.381 e. The van der Waals surface area contributed by atoms with Crippen LogP contribution in [0.3, 0.4) is 0 Å². The Morgan fingerprint density at radius 2 is 2.14 bits per heavy atom. The van der Waals surface area contributed by atoms with Crippen molar-refractivity contribution in [3.63, 3.8) is 0 Å². The molecule has 0 radical (unpaired) electrons. The summed E-state index contributed by atoms with van der Waals surface area (Å²) in [6.45, 7) is 4.41. The standard InChI is InChI=1S/C10H20N2O2/c1-2-3-6-11-10(13)12-9-4-7-14-8-5-9/h9H,2-8H2,1H3,(H2,11,12,13). The van der Waals surface area contributed by atoms with E-state index in [0.717, 1.165) is 45.4 Å².